The normalized spacial score (nSPS) is 17.9. The summed E-state index contributed by atoms with van der Waals surface area (Å²) in [5, 5.41) is 0. The second-order valence-electron chi connectivity index (χ2n) is 5.18. The molecule has 2 N–H and O–H groups in total. The van der Waals surface area contributed by atoms with Crippen LogP contribution in [-0.2, 0) is 6.54 Å². The van der Waals surface area contributed by atoms with Crippen LogP contribution in [0.4, 0.5) is 0 Å². The Kier molecular flexibility index (Phi) is 5.02. The lowest BCUT2D eigenvalue weighted by molar-refractivity contribution is 0.160. The maximum Gasteiger partial charge on any atom is 0.123 e. The first-order valence-corrected chi connectivity index (χ1v) is 6.92. The summed E-state index contributed by atoms with van der Waals surface area (Å²) in [5.74, 6) is 1.82. The number of nitrogens with zero attached hydrogens (tertiary/aromatic N) is 1. The topological polar surface area (TPSA) is 38.5 Å². The Morgan fingerprint density at radius 2 is 2.00 bits per heavy atom. The van der Waals surface area contributed by atoms with E-state index >= 15 is 0 Å². The summed E-state index contributed by atoms with van der Waals surface area (Å²) in [6, 6.07) is 8.02. The molecule has 1 heterocycles. The highest BCUT2D eigenvalue weighted by Crippen LogP contribution is 2.18. The van der Waals surface area contributed by atoms with Gasteiger partial charge in [-0.3, -0.25) is 4.90 Å². The number of rotatable bonds is 5. The average molecular weight is 248 g/mol. The summed E-state index contributed by atoms with van der Waals surface area (Å²) in [6.07, 6.45) is 2.64. The van der Waals surface area contributed by atoms with E-state index in [0.29, 0.717) is 6.54 Å². The monoisotopic (exact) mass is 248 g/mol. The lowest BCUT2D eigenvalue weighted by atomic mass is 9.99. The molecule has 1 aromatic rings. The Hall–Kier alpha value is -1.06. The van der Waals surface area contributed by atoms with E-state index in [1.54, 1.807) is 0 Å². The van der Waals surface area contributed by atoms with E-state index in [1.165, 1.54) is 25.9 Å². The summed E-state index contributed by atoms with van der Waals surface area (Å²) < 4.78 is 5.84. The zero-order chi connectivity index (χ0) is 12.8. The van der Waals surface area contributed by atoms with Crippen molar-refractivity contribution >= 4 is 0 Å². The summed E-state index contributed by atoms with van der Waals surface area (Å²) in [6.45, 7) is 7.08. The van der Waals surface area contributed by atoms with E-state index in [4.69, 9.17) is 10.5 Å². The third kappa shape index (κ3) is 3.72. The number of nitrogens with two attached hydrogens (primary N) is 1. The Balaban J connectivity index is 1.75. The molecule has 3 heteroatoms. The van der Waals surface area contributed by atoms with E-state index in [9.17, 15) is 0 Å². The number of para-hydroxylation sites is 1. The Labute approximate surface area is 110 Å². The van der Waals surface area contributed by atoms with Gasteiger partial charge >= 0.3 is 0 Å². The lowest BCUT2D eigenvalue weighted by Gasteiger charge is -2.30. The molecule has 1 saturated heterocycles. The largest absolute Gasteiger partial charge is 0.492 e. The van der Waals surface area contributed by atoms with Crippen LogP contribution < -0.4 is 10.5 Å². The van der Waals surface area contributed by atoms with Gasteiger partial charge in [-0.1, -0.05) is 25.1 Å². The number of hydrogen-bond acceptors (Lipinski definition) is 3. The van der Waals surface area contributed by atoms with Crippen molar-refractivity contribution in [3.8, 4) is 5.75 Å². The van der Waals surface area contributed by atoms with Crippen molar-refractivity contribution in [2.24, 2.45) is 11.7 Å². The smallest absolute Gasteiger partial charge is 0.123 e. The number of hydrogen-bond donors (Lipinski definition) is 1. The Bertz CT molecular complexity index is 359. The summed E-state index contributed by atoms with van der Waals surface area (Å²) in [4.78, 5) is 2.49. The Morgan fingerprint density at radius 1 is 1.28 bits per heavy atom. The van der Waals surface area contributed by atoms with Gasteiger partial charge in [-0.15, -0.1) is 0 Å². The minimum atomic E-state index is 0.539. The second kappa shape index (κ2) is 6.76. The van der Waals surface area contributed by atoms with Gasteiger partial charge in [-0.2, -0.15) is 0 Å². The van der Waals surface area contributed by atoms with Crippen molar-refractivity contribution in [3.63, 3.8) is 0 Å². The maximum absolute atomic E-state index is 5.84. The van der Waals surface area contributed by atoms with E-state index in [0.717, 1.165) is 30.4 Å². The molecule has 100 valence electrons. The summed E-state index contributed by atoms with van der Waals surface area (Å²) in [7, 11) is 0. The molecule has 0 aliphatic carbocycles. The first kappa shape index (κ1) is 13.4. The van der Waals surface area contributed by atoms with Crippen LogP contribution in [0.25, 0.3) is 0 Å². The Morgan fingerprint density at radius 3 is 2.72 bits per heavy atom. The van der Waals surface area contributed by atoms with E-state index in [2.05, 4.69) is 11.8 Å². The molecule has 0 atom stereocenters. The van der Waals surface area contributed by atoms with E-state index in [-0.39, 0.29) is 0 Å². The van der Waals surface area contributed by atoms with Crippen LogP contribution in [0.3, 0.4) is 0 Å². The fourth-order valence-electron chi connectivity index (χ4n) is 2.38. The molecule has 18 heavy (non-hydrogen) atoms. The van der Waals surface area contributed by atoms with Crippen LogP contribution in [0.15, 0.2) is 24.3 Å². The number of likely N-dealkylation sites (tertiary alicyclic amines) is 1. The highest BCUT2D eigenvalue weighted by atomic mass is 16.5. The van der Waals surface area contributed by atoms with Crippen molar-refractivity contribution in [2.45, 2.75) is 26.3 Å². The van der Waals surface area contributed by atoms with Crippen LogP contribution in [-0.4, -0.2) is 31.1 Å². The summed E-state index contributed by atoms with van der Waals surface area (Å²) >= 11 is 0. The molecule has 0 spiro atoms. The van der Waals surface area contributed by atoms with Gasteiger partial charge in [0.2, 0.25) is 0 Å². The average Bonchev–Trinajstić information content (AvgIpc) is 2.41. The van der Waals surface area contributed by atoms with Gasteiger partial charge < -0.3 is 10.5 Å². The van der Waals surface area contributed by atoms with Crippen molar-refractivity contribution in [1.29, 1.82) is 0 Å². The van der Waals surface area contributed by atoms with Gasteiger partial charge in [-0.05, 0) is 37.9 Å². The lowest BCUT2D eigenvalue weighted by Crippen LogP contribution is -2.35. The third-order valence-corrected chi connectivity index (χ3v) is 3.73. The van der Waals surface area contributed by atoms with Crippen LogP contribution in [0.5, 0.6) is 5.75 Å². The number of ether oxygens (including phenoxy) is 1. The minimum absolute atomic E-state index is 0.539. The molecule has 1 aromatic carbocycles. The molecule has 2 rings (SSSR count). The van der Waals surface area contributed by atoms with Gasteiger partial charge in [-0.25, -0.2) is 0 Å². The number of benzene rings is 1. The van der Waals surface area contributed by atoms with Crippen LogP contribution in [0.1, 0.15) is 25.3 Å². The van der Waals surface area contributed by atoms with Gasteiger partial charge in [0.15, 0.2) is 0 Å². The van der Waals surface area contributed by atoms with Crippen molar-refractivity contribution < 1.29 is 4.74 Å². The molecule has 0 unspecified atom stereocenters. The molecule has 0 saturated carbocycles. The second-order valence-corrected chi connectivity index (χ2v) is 5.18. The first-order valence-electron chi connectivity index (χ1n) is 6.92. The molecule has 3 nitrogen and oxygen atoms in total. The van der Waals surface area contributed by atoms with Crippen molar-refractivity contribution in [1.82, 2.24) is 4.90 Å². The van der Waals surface area contributed by atoms with Crippen LogP contribution in [0, 0.1) is 5.92 Å². The molecule has 0 amide bonds. The fourth-order valence-corrected chi connectivity index (χ4v) is 2.38. The highest BCUT2D eigenvalue weighted by molar-refractivity contribution is 5.32. The van der Waals surface area contributed by atoms with Crippen molar-refractivity contribution in [2.75, 3.05) is 26.2 Å². The highest BCUT2D eigenvalue weighted by Gasteiger charge is 2.15. The fraction of sp³-hybridized carbons (Fsp3) is 0.600. The molecular weight excluding hydrogens is 224 g/mol. The molecule has 1 fully saturated rings. The van der Waals surface area contributed by atoms with E-state index in [1.807, 2.05) is 24.3 Å². The van der Waals surface area contributed by atoms with E-state index < -0.39 is 0 Å². The quantitative estimate of drug-likeness (QED) is 0.868. The van der Waals surface area contributed by atoms with Crippen LogP contribution in [0.2, 0.25) is 0 Å². The van der Waals surface area contributed by atoms with Crippen LogP contribution >= 0.6 is 0 Å². The first-order chi connectivity index (χ1) is 8.79. The van der Waals surface area contributed by atoms with Crippen molar-refractivity contribution in [3.05, 3.63) is 29.8 Å². The van der Waals surface area contributed by atoms with Gasteiger partial charge in [0.1, 0.15) is 12.4 Å². The van der Waals surface area contributed by atoms with Gasteiger partial charge in [0.25, 0.3) is 0 Å². The number of piperidine rings is 1. The van der Waals surface area contributed by atoms with Gasteiger partial charge in [0, 0.05) is 18.7 Å². The SMILES string of the molecule is CC1CCN(CCOc2ccccc2CN)CC1. The molecule has 0 radical (unpaired) electrons. The molecule has 0 bridgehead atoms. The molecular formula is C15H24N2O. The zero-order valence-electron chi connectivity index (χ0n) is 11.3. The summed E-state index contributed by atoms with van der Waals surface area (Å²) in [5.41, 5.74) is 6.78. The third-order valence-electron chi connectivity index (χ3n) is 3.73. The molecule has 1 aliphatic rings. The molecule has 0 aromatic heterocycles. The van der Waals surface area contributed by atoms with Gasteiger partial charge in [0.05, 0.1) is 0 Å². The minimum Gasteiger partial charge on any atom is -0.492 e. The molecule has 1 aliphatic heterocycles. The maximum atomic E-state index is 5.84. The predicted molar refractivity (Wildman–Crippen MR) is 74.7 cm³/mol. The predicted octanol–water partition coefficient (Wildman–Crippen LogP) is 2.26. The standard InChI is InChI=1S/C15H24N2O/c1-13-6-8-17(9-7-13)10-11-18-15-5-3-2-4-14(15)12-16/h2-5,13H,6-12,16H2,1H3. The zero-order valence-corrected chi connectivity index (χ0v) is 11.3.